The number of benzene rings is 1. The second-order valence-corrected chi connectivity index (χ2v) is 7.81. The Labute approximate surface area is 168 Å². The fourth-order valence-electron chi connectivity index (χ4n) is 3.88. The Morgan fingerprint density at radius 2 is 1.82 bits per heavy atom. The minimum Gasteiger partial charge on any atom is -0.478 e. The van der Waals surface area contributed by atoms with Gasteiger partial charge in [0.05, 0.1) is 6.61 Å². The monoisotopic (exact) mass is 384 g/mol. The lowest BCUT2D eigenvalue weighted by Crippen LogP contribution is -2.13. The van der Waals surface area contributed by atoms with Crippen LogP contribution >= 0.6 is 0 Å². The molecule has 1 fully saturated rings. The largest absolute Gasteiger partial charge is 0.478 e. The number of carbonyl (C=O) groups excluding carboxylic acids is 1. The van der Waals surface area contributed by atoms with Crippen LogP contribution in [0, 0.1) is 5.92 Å². The van der Waals surface area contributed by atoms with E-state index in [4.69, 9.17) is 4.74 Å². The molecule has 1 aliphatic rings. The molecule has 0 spiro atoms. The van der Waals surface area contributed by atoms with E-state index in [-0.39, 0.29) is 18.6 Å². The van der Waals surface area contributed by atoms with Gasteiger partial charge in [0.2, 0.25) is 0 Å². The Balaban J connectivity index is 1.95. The highest BCUT2D eigenvalue weighted by atomic mass is 16.5. The number of rotatable bonds is 9. The van der Waals surface area contributed by atoms with Gasteiger partial charge in [-0.15, -0.1) is 0 Å². The van der Waals surface area contributed by atoms with Crippen molar-refractivity contribution in [2.24, 2.45) is 5.92 Å². The molecule has 1 aromatic carbocycles. The standard InChI is InChI=1S/C24H32O4/c1-4-5-18-6-10-20(11-7-18)21-12-8-19(9-13-21)16-22(23(25)26)14-15-28-24(27)17(2)3/h8-9,12-13,16,18,20H,2,4-7,10-11,14-15H2,1,3H3,(H,25,26). The van der Waals surface area contributed by atoms with Gasteiger partial charge in [0.25, 0.3) is 0 Å². The molecule has 2 rings (SSSR count). The van der Waals surface area contributed by atoms with Crippen LogP contribution in [-0.2, 0) is 14.3 Å². The molecule has 1 aromatic rings. The van der Waals surface area contributed by atoms with Crippen LogP contribution in [0.4, 0.5) is 0 Å². The van der Waals surface area contributed by atoms with Crippen molar-refractivity contribution in [3.63, 3.8) is 0 Å². The molecule has 0 saturated heterocycles. The van der Waals surface area contributed by atoms with Crippen LogP contribution in [0.2, 0.25) is 0 Å². The predicted molar refractivity (Wildman–Crippen MR) is 112 cm³/mol. The second kappa shape index (κ2) is 10.8. The summed E-state index contributed by atoms with van der Waals surface area (Å²) in [5, 5.41) is 9.41. The van der Waals surface area contributed by atoms with Gasteiger partial charge in [0.15, 0.2) is 0 Å². The van der Waals surface area contributed by atoms with Crippen LogP contribution in [0.1, 0.15) is 75.8 Å². The molecule has 4 heteroatoms. The highest BCUT2D eigenvalue weighted by Crippen LogP contribution is 2.37. The van der Waals surface area contributed by atoms with E-state index < -0.39 is 11.9 Å². The summed E-state index contributed by atoms with van der Waals surface area (Å²) in [6, 6.07) is 8.21. The summed E-state index contributed by atoms with van der Waals surface area (Å²) in [6.45, 7) is 7.36. The van der Waals surface area contributed by atoms with E-state index in [0.29, 0.717) is 11.5 Å². The molecule has 28 heavy (non-hydrogen) atoms. The molecular weight excluding hydrogens is 352 g/mol. The molecule has 0 heterocycles. The zero-order chi connectivity index (χ0) is 20.5. The molecule has 0 radical (unpaired) electrons. The maximum absolute atomic E-state index is 11.5. The maximum Gasteiger partial charge on any atom is 0.333 e. The second-order valence-electron chi connectivity index (χ2n) is 7.81. The highest BCUT2D eigenvalue weighted by molar-refractivity contribution is 5.92. The summed E-state index contributed by atoms with van der Waals surface area (Å²) in [5.74, 6) is 0.0136. The lowest BCUT2D eigenvalue weighted by atomic mass is 9.77. The molecule has 1 N–H and O–H groups in total. The van der Waals surface area contributed by atoms with Crippen LogP contribution in [0.5, 0.6) is 0 Å². The minimum atomic E-state index is -0.996. The van der Waals surface area contributed by atoms with Crippen LogP contribution in [-0.4, -0.2) is 23.7 Å². The number of carbonyl (C=O) groups is 2. The van der Waals surface area contributed by atoms with Gasteiger partial charge >= 0.3 is 11.9 Å². The first-order valence-corrected chi connectivity index (χ1v) is 10.3. The number of carboxylic acids is 1. The van der Waals surface area contributed by atoms with Crippen molar-refractivity contribution in [1.29, 1.82) is 0 Å². The molecule has 1 aliphatic carbocycles. The van der Waals surface area contributed by atoms with Gasteiger partial charge in [0, 0.05) is 17.6 Å². The number of hydrogen-bond donors (Lipinski definition) is 1. The number of carboxylic acid groups (broad SMARTS) is 1. The third-order valence-corrected chi connectivity index (χ3v) is 5.52. The zero-order valence-electron chi connectivity index (χ0n) is 17.1. The normalized spacial score (nSPS) is 19.9. The molecule has 0 aromatic heterocycles. The van der Waals surface area contributed by atoms with Gasteiger partial charge < -0.3 is 9.84 Å². The summed E-state index contributed by atoms with van der Waals surface area (Å²) in [5.41, 5.74) is 2.73. The van der Waals surface area contributed by atoms with Gasteiger partial charge in [-0.25, -0.2) is 9.59 Å². The molecule has 4 nitrogen and oxygen atoms in total. The lowest BCUT2D eigenvalue weighted by Gasteiger charge is -2.28. The average Bonchev–Trinajstić information content (AvgIpc) is 2.68. The first-order chi connectivity index (χ1) is 13.4. The molecule has 0 bridgehead atoms. The lowest BCUT2D eigenvalue weighted by molar-refractivity contribution is -0.139. The Morgan fingerprint density at radius 3 is 2.36 bits per heavy atom. The van der Waals surface area contributed by atoms with Crippen LogP contribution < -0.4 is 0 Å². The number of aliphatic carboxylic acids is 1. The number of esters is 1. The molecular formula is C24H32O4. The summed E-state index contributed by atoms with van der Waals surface area (Å²) in [4.78, 5) is 22.9. The summed E-state index contributed by atoms with van der Waals surface area (Å²) >= 11 is 0. The van der Waals surface area contributed by atoms with E-state index >= 15 is 0 Å². The van der Waals surface area contributed by atoms with E-state index in [2.05, 4.69) is 25.6 Å². The number of hydrogen-bond acceptors (Lipinski definition) is 3. The fourth-order valence-corrected chi connectivity index (χ4v) is 3.88. The van der Waals surface area contributed by atoms with Crippen molar-refractivity contribution in [3.05, 3.63) is 53.1 Å². The third kappa shape index (κ3) is 6.66. The van der Waals surface area contributed by atoms with Crippen molar-refractivity contribution in [1.82, 2.24) is 0 Å². The SMILES string of the molecule is C=C(C)C(=O)OCCC(=Cc1ccc(C2CCC(CCC)CC2)cc1)C(=O)O. The van der Waals surface area contributed by atoms with Gasteiger partial charge in [-0.3, -0.25) is 0 Å². The smallest absolute Gasteiger partial charge is 0.333 e. The van der Waals surface area contributed by atoms with Gasteiger partial charge in [0.1, 0.15) is 0 Å². The van der Waals surface area contributed by atoms with Crippen molar-refractivity contribution < 1.29 is 19.4 Å². The Hall–Kier alpha value is -2.36. The van der Waals surface area contributed by atoms with E-state index in [0.717, 1.165) is 11.5 Å². The van der Waals surface area contributed by atoms with E-state index in [1.807, 2.05) is 12.1 Å². The van der Waals surface area contributed by atoms with Crippen LogP contribution in [0.25, 0.3) is 6.08 Å². The average molecular weight is 385 g/mol. The minimum absolute atomic E-state index is 0.0307. The van der Waals surface area contributed by atoms with Crippen LogP contribution in [0.3, 0.4) is 0 Å². The van der Waals surface area contributed by atoms with E-state index in [9.17, 15) is 14.7 Å². The van der Waals surface area contributed by atoms with Crippen molar-refractivity contribution in [2.45, 2.75) is 64.7 Å². The predicted octanol–water partition coefficient (Wildman–Crippen LogP) is 5.74. The summed E-state index contributed by atoms with van der Waals surface area (Å²) < 4.78 is 5.00. The Morgan fingerprint density at radius 1 is 1.18 bits per heavy atom. The Kier molecular flexibility index (Phi) is 8.49. The van der Waals surface area contributed by atoms with Crippen LogP contribution in [0.15, 0.2) is 42.0 Å². The van der Waals surface area contributed by atoms with Gasteiger partial charge in [-0.05, 0) is 61.6 Å². The first-order valence-electron chi connectivity index (χ1n) is 10.3. The summed E-state index contributed by atoms with van der Waals surface area (Å²) in [6.07, 6.45) is 9.54. The maximum atomic E-state index is 11.5. The van der Waals surface area contributed by atoms with Crippen molar-refractivity contribution >= 4 is 18.0 Å². The quantitative estimate of drug-likeness (QED) is 0.436. The van der Waals surface area contributed by atoms with Gasteiger partial charge in [-0.2, -0.15) is 0 Å². The molecule has 1 saturated carbocycles. The topological polar surface area (TPSA) is 63.6 Å². The molecule has 0 unspecified atom stereocenters. The zero-order valence-corrected chi connectivity index (χ0v) is 17.1. The molecule has 0 amide bonds. The van der Waals surface area contributed by atoms with Crippen molar-refractivity contribution in [3.8, 4) is 0 Å². The highest BCUT2D eigenvalue weighted by Gasteiger charge is 2.21. The first kappa shape index (κ1) is 21.9. The fraction of sp³-hybridized carbons (Fsp3) is 0.500. The molecule has 0 aliphatic heterocycles. The van der Waals surface area contributed by atoms with E-state index in [1.54, 1.807) is 13.0 Å². The number of ether oxygens (including phenoxy) is 1. The molecule has 0 atom stereocenters. The van der Waals surface area contributed by atoms with Gasteiger partial charge in [-0.1, -0.05) is 50.6 Å². The summed E-state index contributed by atoms with van der Waals surface area (Å²) in [7, 11) is 0. The third-order valence-electron chi connectivity index (χ3n) is 5.52. The van der Waals surface area contributed by atoms with E-state index in [1.165, 1.54) is 44.1 Å². The Bertz CT molecular complexity index is 707. The van der Waals surface area contributed by atoms with Crippen molar-refractivity contribution in [2.75, 3.05) is 6.61 Å². The molecule has 152 valence electrons.